The van der Waals surface area contributed by atoms with E-state index in [-0.39, 0.29) is 39.7 Å². The number of halogens is 1. The minimum absolute atomic E-state index is 0.0569. The molecule has 0 radical (unpaired) electrons. The summed E-state index contributed by atoms with van der Waals surface area (Å²) in [5, 5.41) is 0.523. The van der Waals surface area contributed by atoms with Crippen LogP contribution in [-0.2, 0) is 14.8 Å². The van der Waals surface area contributed by atoms with Crippen molar-refractivity contribution in [1.29, 1.82) is 0 Å². The van der Waals surface area contributed by atoms with Crippen LogP contribution in [0.4, 0.5) is 4.39 Å². The SMILES string of the molecule is CCOc1cccc(-c2[nH]c(-c3ccnc4c3ccn4S(=O)(=O)c3ccccc3)cc2C(=O)OC)c1F. The number of aromatic nitrogens is 3. The first-order valence-corrected chi connectivity index (χ1v) is 12.8. The lowest BCUT2D eigenvalue weighted by Crippen LogP contribution is -2.12. The molecule has 3 heterocycles. The van der Waals surface area contributed by atoms with Crippen molar-refractivity contribution in [3.05, 3.63) is 90.5 Å². The van der Waals surface area contributed by atoms with E-state index in [4.69, 9.17) is 9.47 Å². The van der Waals surface area contributed by atoms with Gasteiger partial charge in [-0.1, -0.05) is 24.3 Å². The maximum absolute atomic E-state index is 15.3. The van der Waals surface area contributed by atoms with Gasteiger partial charge in [0.05, 0.1) is 29.9 Å². The van der Waals surface area contributed by atoms with Gasteiger partial charge in [-0.05, 0) is 49.4 Å². The normalized spacial score (nSPS) is 11.5. The van der Waals surface area contributed by atoms with Crippen LogP contribution in [0.1, 0.15) is 17.3 Å². The lowest BCUT2D eigenvalue weighted by molar-refractivity contribution is 0.0602. The third kappa shape index (κ3) is 4.15. The molecule has 0 aliphatic rings. The number of nitrogens with zero attached hydrogens (tertiary/aromatic N) is 2. The van der Waals surface area contributed by atoms with Crippen LogP contribution in [0.2, 0.25) is 0 Å². The van der Waals surface area contributed by atoms with Crippen molar-refractivity contribution in [3.8, 4) is 28.3 Å². The standard InChI is InChI=1S/C27H22FN3O5S/c1-3-36-23-11-7-10-20(24(23)28)25-21(27(32)35-2)16-22(30-25)18-12-14-29-26-19(18)13-15-31(26)37(33,34)17-8-5-4-6-9-17/h4-16,30H,3H2,1-2H3. The summed E-state index contributed by atoms with van der Waals surface area (Å²) in [5.74, 6) is -1.22. The Morgan fingerprint density at radius 2 is 1.84 bits per heavy atom. The predicted octanol–water partition coefficient (Wildman–Crippen LogP) is 5.26. The van der Waals surface area contributed by atoms with Crippen molar-refractivity contribution in [1.82, 2.24) is 13.9 Å². The molecule has 2 aromatic carbocycles. The summed E-state index contributed by atoms with van der Waals surface area (Å²) in [6, 6.07) is 17.6. The van der Waals surface area contributed by atoms with Gasteiger partial charge in [-0.3, -0.25) is 0 Å². The van der Waals surface area contributed by atoms with Gasteiger partial charge in [0.1, 0.15) is 0 Å². The number of carbonyl (C=O) groups excluding carboxylic acids is 1. The molecule has 188 valence electrons. The Labute approximate surface area is 212 Å². The molecule has 0 atom stereocenters. The van der Waals surface area contributed by atoms with Crippen LogP contribution in [-0.4, -0.2) is 42.0 Å². The molecule has 0 saturated carbocycles. The van der Waals surface area contributed by atoms with E-state index in [0.717, 1.165) is 3.97 Å². The second kappa shape index (κ2) is 9.55. The molecule has 37 heavy (non-hydrogen) atoms. The minimum Gasteiger partial charge on any atom is -0.491 e. The number of methoxy groups -OCH3 is 1. The zero-order valence-corrected chi connectivity index (χ0v) is 20.8. The molecule has 0 spiro atoms. The number of nitrogens with one attached hydrogen (secondary N) is 1. The average Bonchev–Trinajstić information content (AvgIpc) is 3.55. The highest BCUT2D eigenvalue weighted by molar-refractivity contribution is 7.90. The zero-order chi connectivity index (χ0) is 26.2. The molecule has 8 nitrogen and oxygen atoms in total. The molecule has 5 rings (SSSR count). The van der Waals surface area contributed by atoms with E-state index in [2.05, 4.69) is 9.97 Å². The average molecular weight is 520 g/mol. The summed E-state index contributed by atoms with van der Waals surface area (Å²) in [6.07, 6.45) is 2.91. The Bertz CT molecular complexity index is 1730. The van der Waals surface area contributed by atoms with E-state index in [0.29, 0.717) is 16.6 Å². The first-order chi connectivity index (χ1) is 17.9. The van der Waals surface area contributed by atoms with Crippen molar-refractivity contribution in [2.75, 3.05) is 13.7 Å². The van der Waals surface area contributed by atoms with Crippen molar-refractivity contribution < 1.29 is 27.1 Å². The number of H-pyrrole nitrogens is 1. The predicted molar refractivity (Wildman–Crippen MR) is 136 cm³/mol. The fourth-order valence-electron chi connectivity index (χ4n) is 4.20. The minimum atomic E-state index is -3.89. The molecule has 5 aromatic rings. The Morgan fingerprint density at radius 3 is 2.57 bits per heavy atom. The van der Waals surface area contributed by atoms with Crippen molar-refractivity contribution in [3.63, 3.8) is 0 Å². The summed E-state index contributed by atoms with van der Waals surface area (Å²) in [7, 11) is -2.65. The number of carbonyl (C=O) groups is 1. The number of benzene rings is 2. The van der Waals surface area contributed by atoms with Crippen LogP contribution in [0.15, 0.2) is 84.0 Å². The number of rotatable bonds is 7. The van der Waals surface area contributed by atoms with Gasteiger partial charge in [0.2, 0.25) is 0 Å². The number of pyridine rings is 1. The fraction of sp³-hybridized carbons (Fsp3) is 0.111. The van der Waals surface area contributed by atoms with Gasteiger partial charge in [-0.15, -0.1) is 0 Å². The number of fused-ring (bicyclic) bond motifs is 1. The first-order valence-electron chi connectivity index (χ1n) is 11.4. The van der Waals surface area contributed by atoms with E-state index in [1.165, 1.54) is 43.8 Å². The summed E-state index contributed by atoms with van der Waals surface area (Å²) in [5.41, 5.74) is 1.70. The monoisotopic (exact) mass is 519 g/mol. The summed E-state index contributed by atoms with van der Waals surface area (Å²) in [4.78, 5) is 20.2. The quantitative estimate of drug-likeness (QED) is 0.294. The van der Waals surface area contributed by atoms with Gasteiger partial charge in [-0.2, -0.15) is 0 Å². The number of esters is 1. The molecule has 0 unspecified atom stereocenters. The molecule has 0 saturated heterocycles. The molecular formula is C27H22FN3O5S. The highest BCUT2D eigenvalue weighted by Gasteiger charge is 2.25. The summed E-state index contributed by atoms with van der Waals surface area (Å²) >= 11 is 0. The van der Waals surface area contributed by atoms with E-state index in [1.807, 2.05) is 0 Å². The van der Waals surface area contributed by atoms with Gasteiger partial charge in [0, 0.05) is 34.6 Å². The smallest absolute Gasteiger partial charge is 0.340 e. The van der Waals surface area contributed by atoms with E-state index in [1.54, 1.807) is 49.4 Å². The molecule has 3 aromatic heterocycles. The van der Waals surface area contributed by atoms with Crippen molar-refractivity contribution in [2.24, 2.45) is 0 Å². The molecule has 0 bridgehead atoms. The number of hydrogen-bond donors (Lipinski definition) is 1. The van der Waals surface area contributed by atoms with Gasteiger partial charge >= 0.3 is 5.97 Å². The first kappa shape index (κ1) is 24.3. The third-order valence-corrected chi connectivity index (χ3v) is 7.58. The Morgan fingerprint density at radius 1 is 1.05 bits per heavy atom. The maximum Gasteiger partial charge on any atom is 0.340 e. The zero-order valence-electron chi connectivity index (χ0n) is 19.9. The van der Waals surface area contributed by atoms with Gasteiger partial charge in [0.25, 0.3) is 10.0 Å². The van der Waals surface area contributed by atoms with E-state index < -0.39 is 21.8 Å². The Hall–Kier alpha value is -4.44. The topological polar surface area (TPSA) is 103 Å². The van der Waals surface area contributed by atoms with Crippen LogP contribution < -0.4 is 4.74 Å². The lowest BCUT2D eigenvalue weighted by Gasteiger charge is -2.09. The molecule has 10 heteroatoms. The van der Waals surface area contributed by atoms with E-state index in [9.17, 15) is 13.2 Å². The van der Waals surface area contributed by atoms with Crippen molar-refractivity contribution in [2.45, 2.75) is 11.8 Å². The van der Waals surface area contributed by atoms with Crippen LogP contribution in [0.3, 0.4) is 0 Å². The molecule has 0 aliphatic heterocycles. The van der Waals surface area contributed by atoms with Gasteiger partial charge < -0.3 is 14.5 Å². The van der Waals surface area contributed by atoms with Crippen LogP contribution in [0, 0.1) is 5.82 Å². The fourth-order valence-corrected chi connectivity index (χ4v) is 5.53. The molecular weight excluding hydrogens is 497 g/mol. The van der Waals surface area contributed by atoms with Crippen molar-refractivity contribution >= 4 is 27.0 Å². The van der Waals surface area contributed by atoms with E-state index >= 15 is 4.39 Å². The van der Waals surface area contributed by atoms with Gasteiger partial charge in [0.15, 0.2) is 17.2 Å². The highest BCUT2D eigenvalue weighted by Crippen LogP contribution is 2.36. The van der Waals surface area contributed by atoms with Gasteiger partial charge in [-0.25, -0.2) is 26.6 Å². The number of ether oxygens (including phenoxy) is 2. The largest absolute Gasteiger partial charge is 0.491 e. The molecule has 0 fully saturated rings. The maximum atomic E-state index is 15.3. The summed E-state index contributed by atoms with van der Waals surface area (Å²) in [6.45, 7) is 2.02. The highest BCUT2D eigenvalue weighted by atomic mass is 32.2. The van der Waals surface area contributed by atoms with Crippen LogP contribution in [0.25, 0.3) is 33.5 Å². The van der Waals surface area contributed by atoms with Crippen LogP contribution in [0.5, 0.6) is 5.75 Å². The number of hydrogen-bond acceptors (Lipinski definition) is 6. The Balaban J connectivity index is 1.68. The van der Waals surface area contributed by atoms with Crippen LogP contribution >= 0.6 is 0 Å². The molecule has 0 amide bonds. The molecule has 0 aliphatic carbocycles. The molecule has 1 N–H and O–H groups in total. The summed E-state index contributed by atoms with van der Waals surface area (Å²) < 4.78 is 53.2. The Kier molecular flexibility index (Phi) is 6.26. The second-order valence-electron chi connectivity index (χ2n) is 8.04. The lowest BCUT2D eigenvalue weighted by atomic mass is 10.1. The number of aromatic amines is 1. The second-order valence-corrected chi connectivity index (χ2v) is 9.85. The third-order valence-electron chi connectivity index (χ3n) is 5.90.